The number of aryl methyl sites for hydroxylation is 2. The average molecular weight is 296 g/mol. The summed E-state index contributed by atoms with van der Waals surface area (Å²) in [4.78, 5) is 12.3. The van der Waals surface area contributed by atoms with Gasteiger partial charge in [0.2, 0.25) is 0 Å². The molecule has 2 aromatic carbocycles. The van der Waals surface area contributed by atoms with Gasteiger partial charge >= 0.3 is 0 Å². The predicted octanol–water partition coefficient (Wildman–Crippen LogP) is 4.87. The SMILES string of the molecule is Cc1cc(C)cc(C(=O)CCC(C)OCc2ccccc2)c1. The summed E-state index contributed by atoms with van der Waals surface area (Å²) in [6, 6.07) is 16.1. The van der Waals surface area contributed by atoms with Crippen LogP contribution in [0, 0.1) is 13.8 Å². The zero-order valence-electron chi connectivity index (χ0n) is 13.6. The molecule has 2 rings (SSSR count). The van der Waals surface area contributed by atoms with Gasteiger partial charge in [-0.1, -0.05) is 47.5 Å². The summed E-state index contributed by atoms with van der Waals surface area (Å²) in [5.74, 6) is 0.196. The standard InChI is InChI=1S/C20H24O2/c1-15-11-16(2)13-19(12-15)20(21)10-9-17(3)22-14-18-7-5-4-6-8-18/h4-8,11-13,17H,9-10,14H2,1-3H3. The van der Waals surface area contributed by atoms with E-state index in [-0.39, 0.29) is 11.9 Å². The van der Waals surface area contributed by atoms with Crippen molar-refractivity contribution < 1.29 is 9.53 Å². The van der Waals surface area contributed by atoms with Crippen molar-refractivity contribution in [2.45, 2.75) is 46.3 Å². The highest BCUT2D eigenvalue weighted by Crippen LogP contribution is 2.14. The number of hydrogen-bond donors (Lipinski definition) is 0. The molecule has 0 spiro atoms. The molecule has 1 unspecified atom stereocenters. The Hall–Kier alpha value is -1.93. The summed E-state index contributed by atoms with van der Waals surface area (Å²) in [6.45, 7) is 6.67. The Bertz CT molecular complexity index is 597. The molecule has 0 bridgehead atoms. The highest BCUT2D eigenvalue weighted by atomic mass is 16.5. The maximum Gasteiger partial charge on any atom is 0.162 e. The molecule has 116 valence electrons. The summed E-state index contributed by atoms with van der Waals surface area (Å²) in [7, 11) is 0. The predicted molar refractivity (Wildman–Crippen MR) is 90.2 cm³/mol. The van der Waals surface area contributed by atoms with E-state index in [2.05, 4.69) is 6.07 Å². The molecule has 0 saturated heterocycles. The molecule has 0 N–H and O–H groups in total. The van der Waals surface area contributed by atoms with E-state index in [9.17, 15) is 4.79 Å². The van der Waals surface area contributed by atoms with E-state index in [1.165, 1.54) is 0 Å². The lowest BCUT2D eigenvalue weighted by Gasteiger charge is -2.13. The normalized spacial score (nSPS) is 12.1. The smallest absolute Gasteiger partial charge is 0.162 e. The Morgan fingerprint density at radius 1 is 1.05 bits per heavy atom. The minimum atomic E-state index is 0.0788. The molecule has 22 heavy (non-hydrogen) atoms. The van der Waals surface area contributed by atoms with E-state index in [0.29, 0.717) is 13.0 Å². The highest BCUT2D eigenvalue weighted by molar-refractivity contribution is 5.96. The molecule has 0 aliphatic carbocycles. The molecule has 0 radical (unpaired) electrons. The first kappa shape index (κ1) is 16.4. The van der Waals surface area contributed by atoms with Gasteiger partial charge in [-0.3, -0.25) is 4.79 Å². The van der Waals surface area contributed by atoms with Gasteiger partial charge in [-0.2, -0.15) is 0 Å². The third-order valence-corrected chi connectivity index (χ3v) is 3.70. The van der Waals surface area contributed by atoms with E-state index in [1.807, 2.05) is 63.2 Å². The van der Waals surface area contributed by atoms with Gasteiger partial charge in [0, 0.05) is 12.0 Å². The van der Waals surface area contributed by atoms with E-state index >= 15 is 0 Å². The lowest BCUT2D eigenvalue weighted by Crippen LogP contribution is -2.11. The van der Waals surface area contributed by atoms with Crippen molar-refractivity contribution in [3.8, 4) is 0 Å². The van der Waals surface area contributed by atoms with Crippen molar-refractivity contribution >= 4 is 5.78 Å². The van der Waals surface area contributed by atoms with Gasteiger partial charge in [0.15, 0.2) is 5.78 Å². The summed E-state index contributed by atoms with van der Waals surface area (Å²) >= 11 is 0. The van der Waals surface area contributed by atoms with Crippen LogP contribution in [-0.2, 0) is 11.3 Å². The number of ketones is 1. The molecule has 0 fully saturated rings. The topological polar surface area (TPSA) is 26.3 Å². The molecular formula is C20H24O2. The molecular weight excluding hydrogens is 272 g/mol. The largest absolute Gasteiger partial charge is 0.374 e. The van der Waals surface area contributed by atoms with E-state index in [4.69, 9.17) is 4.74 Å². The van der Waals surface area contributed by atoms with Crippen LogP contribution in [0.5, 0.6) is 0 Å². The van der Waals surface area contributed by atoms with Crippen LogP contribution in [0.3, 0.4) is 0 Å². The molecule has 0 aliphatic rings. The summed E-state index contributed by atoms with van der Waals surface area (Å²) in [6.07, 6.45) is 1.35. The van der Waals surface area contributed by atoms with Crippen LogP contribution in [0.1, 0.15) is 46.8 Å². The Morgan fingerprint density at radius 2 is 1.68 bits per heavy atom. The van der Waals surface area contributed by atoms with Crippen LogP contribution < -0.4 is 0 Å². The molecule has 0 saturated carbocycles. The fraction of sp³-hybridized carbons (Fsp3) is 0.350. The summed E-state index contributed by atoms with van der Waals surface area (Å²) < 4.78 is 5.81. The summed E-state index contributed by atoms with van der Waals surface area (Å²) in [5.41, 5.74) is 4.25. The van der Waals surface area contributed by atoms with Crippen LogP contribution in [0.15, 0.2) is 48.5 Å². The van der Waals surface area contributed by atoms with Gasteiger partial charge in [0.05, 0.1) is 12.7 Å². The molecule has 0 heterocycles. The number of benzene rings is 2. The number of hydrogen-bond acceptors (Lipinski definition) is 2. The first-order valence-electron chi connectivity index (χ1n) is 7.81. The Morgan fingerprint density at radius 3 is 2.32 bits per heavy atom. The minimum Gasteiger partial charge on any atom is -0.374 e. The molecule has 0 aromatic heterocycles. The van der Waals surface area contributed by atoms with Crippen molar-refractivity contribution in [3.05, 3.63) is 70.8 Å². The average Bonchev–Trinajstić information content (AvgIpc) is 2.50. The first-order valence-corrected chi connectivity index (χ1v) is 7.81. The monoisotopic (exact) mass is 296 g/mol. The number of carbonyl (C=O) groups is 1. The molecule has 2 nitrogen and oxygen atoms in total. The molecule has 0 amide bonds. The van der Waals surface area contributed by atoms with Gasteiger partial charge in [0.1, 0.15) is 0 Å². The van der Waals surface area contributed by atoms with Crippen molar-refractivity contribution in [1.82, 2.24) is 0 Å². The van der Waals surface area contributed by atoms with Crippen molar-refractivity contribution in [2.75, 3.05) is 0 Å². The maximum absolute atomic E-state index is 12.3. The third kappa shape index (κ3) is 5.12. The van der Waals surface area contributed by atoms with Crippen LogP contribution in [-0.4, -0.2) is 11.9 Å². The highest BCUT2D eigenvalue weighted by Gasteiger charge is 2.10. The quantitative estimate of drug-likeness (QED) is 0.681. The number of carbonyl (C=O) groups excluding carboxylic acids is 1. The van der Waals surface area contributed by atoms with Gasteiger partial charge in [-0.25, -0.2) is 0 Å². The molecule has 2 aromatic rings. The second kappa shape index (κ2) is 7.90. The number of rotatable bonds is 7. The van der Waals surface area contributed by atoms with Gasteiger partial charge in [0.25, 0.3) is 0 Å². The van der Waals surface area contributed by atoms with Crippen molar-refractivity contribution in [2.24, 2.45) is 0 Å². The zero-order valence-corrected chi connectivity index (χ0v) is 13.6. The third-order valence-electron chi connectivity index (χ3n) is 3.70. The molecule has 1 atom stereocenters. The van der Waals surface area contributed by atoms with E-state index < -0.39 is 0 Å². The lowest BCUT2D eigenvalue weighted by atomic mass is 10.0. The Kier molecular flexibility index (Phi) is 5.91. The number of Topliss-reactive ketones (excluding diaryl/α,β-unsaturated/α-hetero) is 1. The molecule has 2 heteroatoms. The van der Waals surface area contributed by atoms with Crippen molar-refractivity contribution in [3.63, 3.8) is 0 Å². The van der Waals surface area contributed by atoms with Crippen LogP contribution >= 0.6 is 0 Å². The zero-order chi connectivity index (χ0) is 15.9. The van der Waals surface area contributed by atoms with Gasteiger partial charge in [-0.15, -0.1) is 0 Å². The maximum atomic E-state index is 12.3. The molecule has 0 aliphatic heterocycles. The van der Waals surface area contributed by atoms with Crippen LogP contribution in [0.2, 0.25) is 0 Å². The van der Waals surface area contributed by atoms with E-state index in [0.717, 1.165) is 28.7 Å². The Balaban J connectivity index is 1.80. The van der Waals surface area contributed by atoms with Crippen LogP contribution in [0.25, 0.3) is 0 Å². The van der Waals surface area contributed by atoms with Crippen molar-refractivity contribution in [1.29, 1.82) is 0 Å². The fourth-order valence-electron chi connectivity index (χ4n) is 2.51. The van der Waals surface area contributed by atoms with Crippen LogP contribution in [0.4, 0.5) is 0 Å². The van der Waals surface area contributed by atoms with Gasteiger partial charge in [-0.05, 0) is 44.9 Å². The summed E-state index contributed by atoms with van der Waals surface area (Å²) in [5, 5.41) is 0. The lowest BCUT2D eigenvalue weighted by molar-refractivity contribution is 0.0451. The Labute approximate surface area is 133 Å². The minimum absolute atomic E-state index is 0.0788. The second-order valence-electron chi connectivity index (χ2n) is 5.95. The first-order chi connectivity index (χ1) is 10.5. The van der Waals surface area contributed by atoms with E-state index in [1.54, 1.807) is 0 Å². The van der Waals surface area contributed by atoms with Gasteiger partial charge < -0.3 is 4.74 Å². The second-order valence-corrected chi connectivity index (χ2v) is 5.95. The number of ether oxygens (including phenoxy) is 1. The fourth-order valence-corrected chi connectivity index (χ4v) is 2.51.